The van der Waals surface area contributed by atoms with Gasteiger partial charge in [0.15, 0.2) is 11.4 Å². The Bertz CT molecular complexity index is 1040. The fraction of sp³-hybridized carbons (Fsp3) is 0.429. The van der Waals surface area contributed by atoms with E-state index in [2.05, 4.69) is 0 Å². The smallest absolute Gasteiger partial charge is 0.389 e. The summed E-state index contributed by atoms with van der Waals surface area (Å²) in [6.07, 6.45) is -3.39. The highest BCUT2D eigenvalue weighted by atomic mass is 19.4. The number of aromatic nitrogens is 1. The third-order valence-electron chi connectivity index (χ3n) is 6.34. The van der Waals surface area contributed by atoms with Gasteiger partial charge in [-0.2, -0.15) is 13.2 Å². The van der Waals surface area contributed by atoms with Gasteiger partial charge < -0.3 is 10.0 Å². The van der Waals surface area contributed by atoms with Gasteiger partial charge in [-0.05, 0) is 31.2 Å². The third kappa shape index (κ3) is 3.03. The number of carbonyl (C=O) groups is 1. The first-order chi connectivity index (χ1) is 14.0. The Hall–Kier alpha value is -2.97. The van der Waals surface area contributed by atoms with Crippen LogP contribution in [0.4, 0.5) is 13.2 Å². The van der Waals surface area contributed by atoms with Crippen LogP contribution < -0.4 is 10.4 Å². The molecule has 2 aliphatic rings. The van der Waals surface area contributed by atoms with E-state index in [1.165, 1.54) is 15.8 Å². The standard InChI is InChI=1S/C21H22F3N3O3/c1-20-10-8-14(12-21(22,23)24)16(13-6-4-3-5-7-13)27(20)26-11-9-15(28)18(29)17(26)19(30)25(20)2/h3-7,9,11,14,16,29H,8,10,12H2,1-2H3. The lowest BCUT2D eigenvalue weighted by atomic mass is 9.78. The minimum absolute atomic E-state index is 0.240. The molecule has 0 saturated carbocycles. The van der Waals surface area contributed by atoms with Gasteiger partial charge in [0.25, 0.3) is 5.91 Å². The van der Waals surface area contributed by atoms with Crippen molar-refractivity contribution in [3.63, 3.8) is 0 Å². The van der Waals surface area contributed by atoms with Crippen LogP contribution in [0.1, 0.15) is 48.3 Å². The molecule has 1 N–H and O–H groups in total. The maximum atomic E-state index is 13.4. The zero-order chi connectivity index (χ0) is 21.8. The molecule has 1 amide bonds. The van der Waals surface area contributed by atoms with Crippen LogP contribution in [0, 0.1) is 5.92 Å². The van der Waals surface area contributed by atoms with Crippen molar-refractivity contribution in [1.82, 2.24) is 9.58 Å². The Kier molecular flexibility index (Phi) is 4.59. The van der Waals surface area contributed by atoms with Crippen LogP contribution in [0.15, 0.2) is 47.4 Å². The van der Waals surface area contributed by atoms with E-state index in [9.17, 15) is 27.9 Å². The van der Waals surface area contributed by atoms with Crippen LogP contribution in [0.25, 0.3) is 0 Å². The molecule has 3 atom stereocenters. The van der Waals surface area contributed by atoms with Crippen molar-refractivity contribution in [2.45, 2.75) is 44.1 Å². The molecule has 6 nitrogen and oxygen atoms in total. The summed E-state index contributed by atoms with van der Waals surface area (Å²) in [6, 6.07) is 9.22. The first-order valence-corrected chi connectivity index (χ1v) is 9.69. The molecule has 30 heavy (non-hydrogen) atoms. The molecule has 1 fully saturated rings. The molecule has 0 bridgehead atoms. The van der Waals surface area contributed by atoms with Gasteiger partial charge in [0, 0.05) is 25.7 Å². The minimum atomic E-state index is -4.35. The number of amides is 1. The average Bonchev–Trinajstić information content (AvgIpc) is 2.69. The zero-order valence-corrected chi connectivity index (χ0v) is 16.6. The number of hydrogen-bond acceptors (Lipinski definition) is 4. The molecule has 2 aliphatic heterocycles. The maximum Gasteiger partial charge on any atom is 0.389 e. The summed E-state index contributed by atoms with van der Waals surface area (Å²) in [7, 11) is 1.54. The van der Waals surface area contributed by atoms with Crippen LogP contribution in [-0.2, 0) is 0 Å². The Morgan fingerprint density at radius 1 is 1.17 bits per heavy atom. The second-order valence-electron chi connectivity index (χ2n) is 8.12. The number of fused-ring (bicyclic) bond motifs is 3. The number of hydrogen-bond donors (Lipinski definition) is 1. The molecule has 1 aromatic heterocycles. The fourth-order valence-corrected chi connectivity index (χ4v) is 4.77. The topological polar surface area (TPSA) is 65.8 Å². The molecule has 3 heterocycles. The molecular formula is C21H22F3N3O3. The lowest BCUT2D eigenvalue weighted by Gasteiger charge is -2.60. The molecule has 0 aliphatic carbocycles. The summed E-state index contributed by atoms with van der Waals surface area (Å²) >= 11 is 0. The number of benzene rings is 1. The molecule has 1 aromatic carbocycles. The van der Waals surface area contributed by atoms with E-state index in [4.69, 9.17) is 0 Å². The molecule has 9 heteroatoms. The number of halogens is 3. The van der Waals surface area contributed by atoms with E-state index in [1.807, 2.05) is 0 Å². The van der Waals surface area contributed by atoms with Gasteiger partial charge in [-0.3, -0.25) is 19.3 Å². The van der Waals surface area contributed by atoms with Crippen LogP contribution in [-0.4, -0.2) is 39.5 Å². The van der Waals surface area contributed by atoms with E-state index >= 15 is 0 Å². The van der Waals surface area contributed by atoms with E-state index in [-0.39, 0.29) is 12.1 Å². The highest BCUT2D eigenvalue weighted by molar-refractivity contribution is 5.96. The van der Waals surface area contributed by atoms with Gasteiger partial charge in [-0.25, -0.2) is 0 Å². The highest BCUT2D eigenvalue weighted by Crippen LogP contribution is 2.49. The Morgan fingerprint density at radius 3 is 2.47 bits per heavy atom. The predicted molar refractivity (Wildman–Crippen MR) is 104 cm³/mol. The fourth-order valence-electron chi connectivity index (χ4n) is 4.77. The van der Waals surface area contributed by atoms with Crippen molar-refractivity contribution in [3.05, 3.63) is 64.1 Å². The largest absolute Gasteiger partial charge is 0.502 e. The van der Waals surface area contributed by atoms with Gasteiger partial charge in [-0.15, -0.1) is 0 Å². The monoisotopic (exact) mass is 421 g/mol. The first-order valence-electron chi connectivity index (χ1n) is 9.69. The molecule has 1 saturated heterocycles. The van der Waals surface area contributed by atoms with Crippen molar-refractivity contribution < 1.29 is 23.1 Å². The van der Waals surface area contributed by atoms with Crippen LogP contribution in [0.2, 0.25) is 0 Å². The van der Waals surface area contributed by atoms with Crippen LogP contribution >= 0.6 is 0 Å². The summed E-state index contributed by atoms with van der Waals surface area (Å²) in [5, 5.41) is 12.0. The van der Waals surface area contributed by atoms with E-state index in [1.54, 1.807) is 49.3 Å². The highest BCUT2D eigenvalue weighted by Gasteiger charge is 2.54. The lowest BCUT2D eigenvalue weighted by molar-refractivity contribution is -0.151. The normalized spacial score (nSPS) is 26.4. The van der Waals surface area contributed by atoms with E-state index in [0.717, 1.165) is 6.07 Å². The van der Waals surface area contributed by atoms with Gasteiger partial charge in [0.2, 0.25) is 5.43 Å². The summed E-state index contributed by atoms with van der Waals surface area (Å²) in [6.45, 7) is 1.79. The summed E-state index contributed by atoms with van der Waals surface area (Å²) < 4.78 is 41.6. The third-order valence-corrected chi connectivity index (χ3v) is 6.34. The van der Waals surface area contributed by atoms with Gasteiger partial charge >= 0.3 is 6.18 Å². The van der Waals surface area contributed by atoms with Gasteiger partial charge in [-0.1, -0.05) is 30.3 Å². The molecular weight excluding hydrogens is 399 g/mol. The van der Waals surface area contributed by atoms with E-state index < -0.39 is 47.3 Å². The number of rotatable bonds is 2. The second kappa shape index (κ2) is 6.78. The van der Waals surface area contributed by atoms with Crippen molar-refractivity contribution in [1.29, 1.82) is 0 Å². The van der Waals surface area contributed by atoms with E-state index in [0.29, 0.717) is 12.0 Å². The zero-order valence-electron chi connectivity index (χ0n) is 16.6. The summed E-state index contributed by atoms with van der Waals surface area (Å²) in [5.74, 6) is -2.03. The predicted octanol–water partition coefficient (Wildman–Crippen LogP) is 3.40. The number of alkyl halides is 3. The van der Waals surface area contributed by atoms with Crippen molar-refractivity contribution in [3.8, 4) is 5.75 Å². The SMILES string of the molecule is CN1C(=O)c2c(O)c(=O)ccn2N2C(c3ccccc3)C(CC(F)(F)F)CCC12C. The molecule has 2 aromatic rings. The first kappa shape index (κ1) is 20.3. The van der Waals surface area contributed by atoms with Crippen LogP contribution in [0.3, 0.4) is 0 Å². The van der Waals surface area contributed by atoms with Crippen molar-refractivity contribution >= 4 is 5.91 Å². The molecule has 3 unspecified atom stereocenters. The quantitative estimate of drug-likeness (QED) is 0.807. The Balaban J connectivity index is 1.96. The molecule has 4 rings (SSSR count). The Labute approximate surface area is 171 Å². The number of carbonyl (C=O) groups excluding carboxylic acids is 1. The Morgan fingerprint density at radius 2 is 1.83 bits per heavy atom. The lowest BCUT2D eigenvalue weighted by Crippen LogP contribution is -2.71. The van der Waals surface area contributed by atoms with Gasteiger partial charge in [0.05, 0.1) is 6.04 Å². The number of aromatic hydroxyl groups is 1. The molecule has 0 radical (unpaired) electrons. The maximum absolute atomic E-state index is 13.4. The number of piperidine rings is 1. The van der Waals surface area contributed by atoms with Crippen LogP contribution in [0.5, 0.6) is 5.75 Å². The number of nitrogens with zero attached hydrogens (tertiary/aromatic N) is 3. The van der Waals surface area contributed by atoms with Crippen molar-refractivity contribution in [2.75, 3.05) is 12.1 Å². The number of pyridine rings is 1. The van der Waals surface area contributed by atoms with Crippen molar-refractivity contribution in [2.24, 2.45) is 5.92 Å². The molecule has 0 spiro atoms. The summed E-state index contributed by atoms with van der Waals surface area (Å²) in [4.78, 5) is 26.4. The van der Waals surface area contributed by atoms with Gasteiger partial charge in [0.1, 0.15) is 5.66 Å². The second-order valence-corrected chi connectivity index (χ2v) is 8.12. The summed E-state index contributed by atoms with van der Waals surface area (Å²) in [5.41, 5.74) is -1.22. The average molecular weight is 421 g/mol. The molecule has 160 valence electrons. The minimum Gasteiger partial charge on any atom is -0.502 e.